The largest absolute Gasteiger partial charge is 0.322 e. The fourth-order valence-electron chi connectivity index (χ4n) is 4.02. The van der Waals surface area contributed by atoms with Crippen molar-refractivity contribution in [1.82, 2.24) is 5.43 Å². The van der Waals surface area contributed by atoms with Crippen LogP contribution >= 0.6 is 0 Å². The maximum atomic E-state index is 13.4. The van der Waals surface area contributed by atoms with Crippen LogP contribution < -0.4 is 10.7 Å². The Bertz CT molecular complexity index is 1280. The van der Waals surface area contributed by atoms with Gasteiger partial charge in [0.15, 0.2) is 0 Å². The molecule has 3 aromatic rings. The zero-order valence-electron chi connectivity index (χ0n) is 20.4. The number of carbonyl (C=O) groups excluding carboxylic acids is 2. The predicted molar refractivity (Wildman–Crippen MR) is 137 cm³/mol. The van der Waals surface area contributed by atoms with Crippen molar-refractivity contribution >= 4 is 23.2 Å². The second-order valence-corrected chi connectivity index (χ2v) is 10.0. The second kappa shape index (κ2) is 9.82. The van der Waals surface area contributed by atoms with Crippen LogP contribution in [-0.2, 0) is 10.2 Å². The Balaban J connectivity index is 1.35. The van der Waals surface area contributed by atoms with Crippen molar-refractivity contribution in [3.8, 4) is 0 Å². The first kappa shape index (κ1) is 24.3. The quantitative estimate of drug-likeness (QED) is 0.341. The van der Waals surface area contributed by atoms with Crippen LogP contribution in [0.25, 0.3) is 0 Å². The summed E-state index contributed by atoms with van der Waals surface area (Å²) >= 11 is 0. The molecular formula is C29H30FN3O2. The summed E-state index contributed by atoms with van der Waals surface area (Å²) in [5.74, 6) is -0.820. The molecule has 0 bridgehead atoms. The zero-order valence-corrected chi connectivity index (χ0v) is 20.4. The molecule has 1 saturated carbocycles. The molecule has 1 aliphatic carbocycles. The van der Waals surface area contributed by atoms with Gasteiger partial charge in [-0.2, -0.15) is 5.10 Å². The van der Waals surface area contributed by atoms with E-state index in [-0.39, 0.29) is 28.7 Å². The van der Waals surface area contributed by atoms with E-state index in [0.717, 1.165) is 12.0 Å². The predicted octanol–water partition coefficient (Wildman–Crippen LogP) is 6.02. The second-order valence-electron chi connectivity index (χ2n) is 10.0. The summed E-state index contributed by atoms with van der Waals surface area (Å²) in [6.07, 6.45) is 0.816. The highest BCUT2D eigenvalue weighted by atomic mass is 19.1. The van der Waals surface area contributed by atoms with Gasteiger partial charge in [-0.25, -0.2) is 9.82 Å². The SMILES string of the molecule is C/C(=N\NC(=O)[C@@H]1C[C@@H]1c1ccc(C(C)(C)C)cc1)c1cccc(NC(=O)c2cccc(F)c2)c1. The van der Waals surface area contributed by atoms with E-state index in [1.807, 2.05) is 6.07 Å². The number of rotatable bonds is 6. The molecule has 2 amide bonds. The molecule has 3 aromatic carbocycles. The summed E-state index contributed by atoms with van der Waals surface area (Å²) in [6, 6.07) is 21.2. The maximum absolute atomic E-state index is 13.4. The third-order valence-electron chi connectivity index (χ3n) is 6.29. The Kier molecular flexibility index (Phi) is 6.83. The number of hydrogen-bond donors (Lipinski definition) is 2. The van der Waals surface area contributed by atoms with Crippen molar-refractivity contribution in [2.24, 2.45) is 11.0 Å². The third-order valence-corrected chi connectivity index (χ3v) is 6.29. The van der Waals surface area contributed by atoms with Crippen molar-refractivity contribution < 1.29 is 14.0 Å². The lowest BCUT2D eigenvalue weighted by atomic mass is 9.86. The van der Waals surface area contributed by atoms with Crippen molar-refractivity contribution in [3.05, 3.63) is 101 Å². The van der Waals surface area contributed by atoms with Crippen LogP contribution in [-0.4, -0.2) is 17.5 Å². The number of hydrogen-bond acceptors (Lipinski definition) is 3. The van der Waals surface area contributed by atoms with E-state index in [9.17, 15) is 14.0 Å². The number of carbonyl (C=O) groups is 2. The summed E-state index contributed by atoms with van der Waals surface area (Å²) in [7, 11) is 0. The third kappa shape index (κ3) is 6.01. The van der Waals surface area contributed by atoms with Crippen molar-refractivity contribution in [3.63, 3.8) is 0 Å². The summed E-state index contributed by atoms with van der Waals surface area (Å²) < 4.78 is 13.4. The number of nitrogens with zero attached hydrogens (tertiary/aromatic N) is 1. The Morgan fingerprint density at radius 1 is 0.943 bits per heavy atom. The molecule has 35 heavy (non-hydrogen) atoms. The lowest BCUT2D eigenvalue weighted by Crippen LogP contribution is -2.21. The molecule has 0 radical (unpaired) electrons. The molecule has 2 N–H and O–H groups in total. The lowest BCUT2D eigenvalue weighted by molar-refractivity contribution is -0.122. The average molecular weight is 472 g/mol. The van der Waals surface area contributed by atoms with E-state index in [4.69, 9.17) is 0 Å². The Hall–Kier alpha value is -3.80. The number of halogens is 1. The molecule has 2 atom stereocenters. The zero-order chi connectivity index (χ0) is 25.2. The molecule has 0 spiro atoms. The van der Waals surface area contributed by atoms with E-state index in [2.05, 4.69) is 60.9 Å². The minimum atomic E-state index is -0.468. The Morgan fingerprint density at radius 3 is 2.31 bits per heavy atom. The molecule has 0 saturated heterocycles. The molecule has 0 aliphatic heterocycles. The molecule has 1 aliphatic rings. The topological polar surface area (TPSA) is 70.6 Å². The smallest absolute Gasteiger partial charge is 0.255 e. The molecule has 0 heterocycles. The van der Waals surface area contributed by atoms with Gasteiger partial charge in [-0.1, -0.05) is 63.2 Å². The van der Waals surface area contributed by atoms with E-state index in [1.165, 1.54) is 29.3 Å². The molecule has 6 heteroatoms. The summed E-state index contributed by atoms with van der Waals surface area (Å²) in [6.45, 7) is 8.35. The first-order valence-electron chi connectivity index (χ1n) is 11.7. The van der Waals surface area contributed by atoms with Gasteiger partial charge in [0.1, 0.15) is 5.82 Å². The van der Waals surface area contributed by atoms with Crippen LogP contribution in [0.3, 0.4) is 0 Å². The van der Waals surface area contributed by atoms with Gasteiger partial charge in [-0.3, -0.25) is 9.59 Å². The molecule has 4 rings (SSSR count). The van der Waals surface area contributed by atoms with Crippen LogP contribution in [0, 0.1) is 11.7 Å². The monoisotopic (exact) mass is 471 g/mol. The van der Waals surface area contributed by atoms with Gasteiger partial charge < -0.3 is 5.32 Å². The number of benzene rings is 3. The molecule has 180 valence electrons. The minimum Gasteiger partial charge on any atom is -0.322 e. The van der Waals surface area contributed by atoms with Gasteiger partial charge in [-0.15, -0.1) is 0 Å². The molecule has 1 fully saturated rings. The molecular weight excluding hydrogens is 441 g/mol. The van der Waals surface area contributed by atoms with Crippen LogP contribution in [0.2, 0.25) is 0 Å². The molecule has 0 aromatic heterocycles. The Morgan fingerprint density at radius 2 is 1.63 bits per heavy atom. The average Bonchev–Trinajstić information content (AvgIpc) is 3.63. The van der Waals surface area contributed by atoms with Crippen LogP contribution in [0.5, 0.6) is 0 Å². The number of nitrogens with one attached hydrogen (secondary N) is 2. The van der Waals surface area contributed by atoms with Gasteiger partial charge in [0.2, 0.25) is 5.91 Å². The summed E-state index contributed by atoms with van der Waals surface area (Å²) in [4.78, 5) is 25.0. The van der Waals surface area contributed by atoms with Gasteiger partial charge >= 0.3 is 0 Å². The van der Waals surface area contributed by atoms with Crippen LogP contribution in [0.15, 0.2) is 77.9 Å². The highest BCUT2D eigenvalue weighted by Gasteiger charge is 2.44. The summed E-state index contributed by atoms with van der Waals surface area (Å²) in [5, 5.41) is 7.04. The number of amides is 2. The lowest BCUT2D eigenvalue weighted by Gasteiger charge is -2.19. The number of hydrazone groups is 1. The van der Waals surface area contributed by atoms with Gasteiger partial charge in [0.25, 0.3) is 5.91 Å². The first-order valence-corrected chi connectivity index (χ1v) is 11.7. The van der Waals surface area contributed by atoms with Gasteiger partial charge in [0.05, 0.1) is 5.71 Å². The fraction of sp³-hybridized carbons (Fsp3) is 0.276. The first-order chi connectivity index (χ1) is 16.6. The van der Waals surface area contributed by atoms with Crippen molar-refractivity contribution in [1.29, 1.82) is 0 Å². The Labute approximate surface area is 205 Å². The van der Waals surface area contributed by atoms with E-state index >= 15 is 0 Å². The van der Waals surface area contributed by atoms with E-state index in [0.29, 0.717) is 11.4 Å². The highest BCUT2D eigenvalue weighted by Crippen LogP contribution is 2.47. The molecule has 0 unspecified atom stereocenters. The normalized spacial score (nSPS) is 17.6. The highest BCUT2D eigenvalue weighted by molar-refractivity contribution is 6.05. The van der Waals surface area contributed by atoms with Crippen LogP contribution in [0.4, 0.5) is 10.1 Å². The van der Waals surface area contributed by atoms with E-state index in [1.54, 1.807) is 31.2 Å². The summed E-state index contributed by atoms with van der Waals surface area (Å²) in [5.41, 5.74) is 7.41. The maximum Gasteiger partial charge on any atom is 0.255 e. The number of anilines is 1. The fourth-order valence-corrected chi connectivity index (χ4v) is 4.02. The molecule has 5 nitrogen and oxygen atoms in total. The van der Waals surface area contributed by atoms with Gasteiger partial charge in [0, 0.05) is 17.2 Å². The van der Waals surface area contributed by atoms with Gasteiger partial charge in [-0.05, 0) is 71.7 Å². The minimum absolute atomic E-state index is 0.0797. The van der Waals surface area contributed by atoms with Crippen molar-refractivity contribution in [2.45, 2.75) is 45.4 Å². The van der Waals surface area contributed by atoms with Crippen LogP contribution in [0.1, 0.15) is 67.1 Å². The standard InChI is InChI=1S/C29H30FN3O2/c1-18(20-7-6-10-24(16-20)31-27(34)21-8-5-9-23(30)15-21)32-33-28(35)26-17-25(26)19-11-13-22(14-12-19)29(2,3)4/h5-16,25-26H,17H2,1-4H3,(H,31,34)(H,33,35)/b32-18+/t25-,26-/m1/s1. The van der Waals surface area contributed by atoms with Crippen molar-refractivity contribution in [2.75, 3.05) is 5.32 Å². The van der Waals surface area contributed by atoms with E-state index < -0.39 is 11.7 Å².